The number of aryl methyl sites for hydroxylation is 1. The molecule has 1 atom stereocenters. The van der Waals surface area contributed by atoms with Crippen LogP contribution in [0.3, 0.4) is 0 Å². The van der Waals surface area contributed by atoms with Crippen LogP contribution in [0.15, 0.2) is 36.7 Å². The molecule has 1 aliphatic heterocycles. The Labute approximate surface area is 118 Å². The Morgan fingerprint density at radius 2 is 2.20 bits per heavy atom. The first kappa shape index (κ1) is 13.1. The number of fused-ring (bicyclic) bond motifs is 1. The van der Waals surface area contributed by atoms with Gasteiger partial charge in [0.05, 0.1) is 12.2 Å². The van der Waals surface area contributed by atoms with E-state index >= 15 is 0 Å². The molecule has 0 spiro atoms. The molecule has 2 aromatic rings. The van der Waals surface area contributed by atoms with Gasteiger partial charge in [-0.15, -0.1) is 0 Å². The summed E-state index contributed by atoms with van der Waals surface area (Å²) in [6.45, 7) is 3.66. The molecule has 1 N–H and O–H groups in total. The average Bonchev–Trinajstić information content (AvgIpc) is 2.94. The maximum atomic E-state index is 12.4. The van der Waals surface area contributed by atoms with Crippen molar-refractivity contribution in [2.75, 3.05) is 0 Å². The molecule has 2 heterocycles. The molecule has 0 aliphatic carbocycles. The second kappa shape index (κ2) is 5.59. The highest BCUT2D eigenvalue weighted by molar-refractivity contribution is 5.86. The number of hydrogen-bond acceptors (Lipinski definition) is 3. The molecule has 1 aromatic carbocycles. The summed E-state index contributed by atoms with van der Waals surface area (Å²) in [5.41, 5.74) is 3.58. The summed E-state index contributed by atoms with van der Waals surface area (Å²) in [4.78, 5) is 12.4. The molecule has 4 heteroatoms. The molecule has 0 saturated carbocycles. The van der Waals surface area contributed by atoms with Gasteiger partial charge in [-0.05, 0) is 30.0 Å². The van der Waals surface area contributed by atoms with Crippen molar-refractivity contribution in [1.29, 1.82) is 0 Å². The second-order valence-electron chi connectivity index (χ2n) is 5.25. The summed E-state index contributed by atoms with van der Waals surface area (Å²) in [5.74, 6) is 0.246. The van der Waals surface area contributed by atoms with Crippen LogP contribution in [-0.4, -0.2) is 21.6 Å². The minimum Gasteiger partial charge on any atom is -0.303 e. The number of nitrogens with zero attached hydrogens (tertiary/aromatic N) is 2. The summed E-state index contributed by atoms with van der Waals surface area (Å²) in [7, 11) is 0. The Bertz CT molecular complexity index is 618. The van der Waals surface area contributed by atoms with E-state index in [0.29, 0.717) is 6.42 Å². The van der Waals surface area contributed by atoms with Gasteiger partial charge in [0.15, 0.2) is 5.78 Å². The maximum Gasteiger partial charge on any atom is 0.154 e. The molecule has 0 fully saturated rings. The number of ketones is 1. The van der Waals surface area contributed by atoms with Gasteiger partial charge in [-0.3, -0.25) is 9.48 Å². The number of carbonyl (C=O) groups is 1. The molecule has 0 radical (unpaired) electrons. The normalized spacial score (nSPS) is 17.8. The summed E-state index contributed by atoms with van der Waals surface area (Å²) in [6, 6.07) is 8.24. The Morgan fingerprint density at radius 3 is 2.95 bits per heavy atom. The van der Waals surface area contributed by atoms with Gasteiger partial charge in [0.1, 0.15) is 0 Å². The second-order valence-corrected chi connectivity index (χ2v) is 5.25. The van der Waals surface area contributed by atoms with Crippen molar-refractivity contribution in [1.82, 2.24) is 15.1 Å². The summed E-state index contributed by atoms with van der Waals surface area (Å²) in [5, 5.41) is 7.55. The van der Waals surface area contributed by atoms with Gasteiger partial charge in [0.25, 0.3) is 0 Å². The third-order valence-electron chi connectivity index (χ3n) is 3.86. The van der Waals surface area contributed by atoms with Crippen LogP contribution < -0.4 is 5.32 Å². The molecular weight excluding hydrogens is 250 g/mol. The topological polar surface area (TPSA) is 46.9 Å². The third kappa shape index (κ3) is 2.65. The van der Waals surface area contributed by atoms with Crippen molar-refractivity contribution in [3.63, 3.8) is 0 Å². The molecule has 3 rings (SSSR count). The van der Waals surface area contributed by atoms with Gasteiger partial charge in [0.2, 0.25) is 0 Å². The van der Waals surface area contributed by atoms with Crippen molar-refractivity contribution < 1.29 is 4.79 Å². The van der Waals surface area contributed by atoms with Crippen molar-refractivity contribution in [3.05, 3.63) is 53.3 Å². The number of hydrogen-bond donors (Lipinski definition) is 1. The van der Waals surface area contributed by atoms with Crippen LogP contribution in [0.2, 0.25) is 0 Å². The van der Waals surface area contributed by atoms with E-state index in [-0.39, 0.29) is 11.8 Å². The summed E-state index contributed by atoms with van der Waals surface area (Å²) >= 11 is 0. The fraction of sp³-hybridized carbons (Fsp3) is 0.375. The van der Waals surface area contributed by atoms with Gasteiger partial charge in [-0.25, -0.2) is 0 Å². The van der Waals surface area contributed by atoms with Crippen LogP contribution in [0.4, 0.5) is 0 Å². The number of carbonyl (C=O) groups excluding carboxylic acids is 1. The van der Waals surface area contributed by atoms with Gasteiger partial charge >= 0.3 is 0 Å². The van der Waals surface area contributed by atoms with Crippen LogP contribution in [0.1, 0.15) is 23.6 Å². The van der Waals surface area contributed by atoms with E-state index in [2.05, 4.69) is 22.5 Å². The Kier molecular flexibility index (Phi) is 3.65. The highest BCUT2D eigenvalue weighted by Crippen LogP contribution is 2.17. The fourth-order valence-corrected chi connectivity index (χ4v) is 2.68. The van der Waals surface area contributed by atoms with Gasteiger partial charge in [-0.2, -0.15) is 5.10 Å². The zero-order valence-corrected chi connectivity index (χ0v) is 11.7. The van der Waals surface area contributed by atoms with Crippen molar-refractivity contribution in [3.8, 4) is 0 Å². The first-order valence-corrected chi connectivity index (χ1v) is 7.10. The molecule has 0 bridgehead atoms. The van der Waals surface area contributed by atoms with Gasteiger partial charge in [-0.1, -0.05) is 24.3 Å². The maximum absolute atomic E-state index is 12.4. The lowest BCUT2D eigenvalue weighted by Gasteiger charge is -2.25. The SMILES string of the molecule is CCn1cc(CC(=O)C2Cc3ccccc3CN2)cn1. The molecule has 0 amide bonds. The zero-order valence-electron chi connectivity index (χ0n) is 11.7. The van der Waals surface area contributed by atoms with Crippen molar-refractivity contribution in [2.45, 2.75) is 38.9 Å². The summed E-state index contributed by atoms with van der Waals surface area (Å²) < 4.78 is 1.85. The van der Waals surface area contributed by atoms with E-state index in [0.717, 1.165) is 25.1 Å². The monoisotopic (exact) mass is 269 g/mol. The average molecular weight is 269 g/mol. The lowest BCUT2D eigenvalue weighted by atomic mass is 9.92. The lowest BCUT2D eigenvalue weighted by molar-refractivity contribution is -0.120. The van der Waals surface area contributed by atoms with Gasteiger partial charge in [0, 0.05) is 25.7 Å². The van der Waals surface area contributed by atoms with Crippen LogP contribution in [-0.2, 0) is 30.7 Å². The van der Waals surface area contributed by atoms with Crippen molar-refractivity contribution >= 4 is 5.78 Å². The number of nitrogens with one attached hydrogen (secondary N) is 1. The van der Waals surface area contributed by atoms with Crippen LogP contribution >= 0.6 is 0 Å². The standard InChI is InChI=1S/C16H19N3O/c1-2-19-11-12(9-18-19)7-16(20)15-8-13-5-3-4-6-14(13)10-17-15/h3-6,9,11,15,17H,2,7-8,10H2,1H3. The summed E-state index contributed by atoms with van der Waals surface area (Å²) in [6.07, 6.45) is 4.99. The quantitative estimate of drug-likeness (QED) is 0.919. The molecular formula is C16H19N3O. The number of aromatic nitrogens is 2. The van der Waals surface area contributed by atoms with Gasteiger partial charge < -0.3 is 5.32 Å². The minimum atomic E-state index is -0.0742. The van der Waals surface area contributed by atoms with E-state index in [9.17, 15) is 4.79 Å². The predicted octanol–water partition coefficient (Wildman–Crippen LogP) is 1.73. The Balaban J connectivity index is 1.67. The highest BCUT2D eigenvalue weighted by atomic mass is 16.1. The molecule has 20 heavy (non-hydrogen) atoms. The molecule has 4 nitrogen and oxygen atoms in total. The van der Waals surface area contributed by atoms with Crippen LogP contribution in [0.25, 0.3) is 0 Å². The largest absolute Gasteiger partial charge is 0.303 e. The van der Waals surface area contributed by atoms with E-state index in [1.165, 1.54) is 11.1 Å². The lowest BCUT2D eigenvalue weighted by Crippen LogP contribution is -2.42. The zero-order chi connectivity index (χ0) is 13.9. The number of benzene rings is 1. The van der Waals surface area contributed by atoms with Crippen LogP contribution in [0, 0.1) is 0 Å². The molecule has 1 unspecified atom stereocenters. The number of rotatable bonds is 4. The first-order valence-electron chi connectivity index (χ1n) is 7.10. The first-order chi connectivity index (χ1) is 9.76. The Morgan fingerprint density at radius 1 is 1.40 bits per heavy atom. The highest BCUT2D eigenvalue weighted by Gasteiger charge is 2.23. The molecule has 104 valence electrons. The molecule has 1 aromatic heterocycles. The third-order valence-corrected chi connectivity index (χ3v) is 3.86. The van der Waals surface area contributed by atoms with E-state index in [4.69, 9.17) is 0 Å². The predicted molar refractivity (Wildman–Crippen MR) is 77.4 cm³/mol. The van der Waals surface area contributed by atoms with Crippen molar-refractivity contribution in [2.24, 2.45) is 0 Å². The fourth-order valence-electron chi connectivity index (χ4n) is 2.68. The number of Topliss-reactive ketones (excluding diaryl/α,β-unsaturated/α-hetero) is 1. The molecule has 1 aliphatic rings. The minimum absolute atomic E-state index is 0.0742. The van der Waals surface area contributed by atoms with E-state index < -0.39 is 0 Å². The van der Waals surface area contributed by atoms with Crippen LogP contribution in [0.5, 0.6) is 0 Å². The molecule has 0 saturated heterocycles. The smallest absolute Gasteiger partial charge is 0.154 e. The van der Waals surface area contributed by atoms with E-state index in [1.54, 1.807) is 6.20 Å². The van der Waals surface area contributed by atoms with E-state index in [1.807, 2.05) is 29.9 Å². The Hall–Kier alpha value is -1.94.